The van der Waals surface area contributed by atoms with E-state index in [4.69, 9.17) is 9.15 Å². The average molecular weight is 425 g/mol. The highest BCUT2D eigenvalue weighted by atomic mass is 16.5. The fourth-order valence-electron chi connectivity index (χ4n) is 4.35. The van der Waals surface area contributed by atoms with Crippen LogP contribution >= 0.6 is 0 Å². The van der Waals surface area contributed by atoms with Crippen LogP contribution < -0.4 is 10.2 Å². The molecule has 1 aliphatic rings. The van der Waals surface area contributed by atoms with Crippen molar-refractivity contribution in [1.29, 1.82) is 0 Å². The summed E-state index contributed by atoms with van der Waals surface area (Å²) >= 11 is 0. The van der Waals surface area contributed by atoms with Gasteiger partial charge in [0.1, 0.15) is 11.3 Å². The second kappa shape index (κ2) is 7.68. The van der Waals surface area contributed by atoms with Crippen molar-refractivity contribution in [2.24, 2.45) is 0 Å². The third kappa shape index (κ3) is 3.26. The van der Waals surface area contributed by atoms with Gasteiger partial charge in [-0.3, -0.25) is 9.59 Å². The standard InChI is InChI=1S/C27H23NO4/c1-16-7-10-18(11-8-16)15-28-24(19-5-4-6-20(14-19)31-3)23-25(29)21-13-17(2)9-12-22(21)32-26(23)27(28)30/h4-14,24H,15H2,1-3H3. The summed E-state index contributed by atoms with van der Waals surface area (Å²) in [6, 6.07) is 20.4. The van der Waals surface area contributed by atoms with Crippen molar-refractivity contribution in [2.75, 3.05) is 7.11 Å². The zero-order chi connectivity index (χ0) is 22.4. The lowest BCUT2D eigenvalue weighted by atomic mass is 9.97. The summed E-state index contributed by atoms with van der Waals surface area (Å²) in [5.41, 5.74) is 4.54. The molecule has 2 heterocycles. The number of rotatable bonds is 4. The van der Waals surface area contributed by atoms with Crippen LogP contribution in [0.2, 0.25) is 0 Å². The molecule has 1 aliphatic heterocycles. The number of carbonyl (C=O) groups excluding carboxylic acids is 1. The number of aryl methyl sites for hydroxylation is 2. The van der Waals surface area contributed by atoms with Gasteiger partial charge in [-0.1, -0.05) is 53.6 Å². The van der Waals surface area contributed by atoms with Crippen molar-refractivity contribution >= 4 is 16.9 Å². The Hall–Kier alpha value is -3.86. The van der Waals surface area contributed by atoms with Crippen LogP contribution in [0.5, 0.6) is 5.75 Å². The highest BCUT2D eigenvalue weighted by Gasteiger charge is 2.42. The number of fused-ring (bicyclic) bond motifs is 2. The predicted octanol–water partition coefficient (Wildman–Crippen LogP) is 5.16. The highest BCUT2D eigenvalue weighted by Crippen LogP contribution is 2.40. The van der Waals surface area contributed by atoms with Crippen molar-refractivity contribution in [3.05, 3.63) is 111 Å². The quantitative estimate of drug-likeness (QED) is 0.453. The van der Waals surface area contributed by atoms with Crippen molar-refractivity contribution < 1.29 is 13.9 Å². The smallest absolute Gasteiger partial charge is 0.291 e. The molecule has 0 saturated heterocycles. The molecular weight excluding hydrogens is 402 g/mol. The molecule has 160 valence electrons. The SMILES string of the molecule is COc1cccc(C2c3c(oc4ccc(C)cc4c3=O)C(=O)N2Cc2ccc(C)cc2)c1. The minimum absolute atomic E-state index is 0.117. The Bertz CT molecular complexity index is 1400. The fourth-order valence-corrected chi connectivity index (χ4v) is 4.35. The maximum absolute atomic E-state index is 13.6. The monoisotopic (exact) mass is 425 g/mol. The summed E-state index contributed by atoms with van der Waals surface area (Å²) in [6.45, 7) is 4.32. The van der Waals surface area contributed by atoms with Crippen molar-refractivity contribution in [1.82, 2.24) is 4.90 Å². The normalized spacial score (nSPS) is 15.3. The van der Waals surface area contributed by atoms with Crippen LogP contribution in [0.3, 0.4) is 0 Å². The summed E-state index contributed by atoms with van der Waals surface area (Å²) in [7, 11) is 1.60. The van der Waals surface area contributed by atoms with E-state index in [1.165, 1.54) is 0 Å². The maximum atomic E-state index is 13.6. The third-order valence-corrected chi connectivity index (χ3v) is 6.00. The number of amides is 1. The fraction of sp³-hybridized carbons (Fsp3) is 0.185. The van der Waals surface area contributed by atoms with Crippen molar-refractivity contribution in [2.45, 2.75) is 26.4 Å². The molecular formula is C27H23NO4. The summed E-state index contributed by atoms with van der Waals surface area (Å²) in [6.07, 6.45) is 0. The van der Waals surface area contributed by atoms with Gasteiger partial charge in [-0.2, -0.15) is 0 Å². The van der Waals surface area contributed by atoms with Gasteiger partial charge in [0.2, 0.25) is 5.76 Å². The third-order valence-electron chi connectivity index (χ3n) is 6.00. The Morgan fingerprint density at radius 1 is 0.938 bits per heavy atom. The first-order valence-electron chi connectivity index (χ1n) is 10.5. The molecule has 5 heteroatoms. The Morgan fingerprint density at radius 3 is 2.44 bits per heavy atom. The van der Waals surface area contributed by atoms with E-state index in [0.717, 1.165) is 22.3 Å². The minimum Gasteiger partial charge on any atom is -0.497 e. The lowest BCUT2D eigenvalue weighted by Gasteiger charge is -2.25. The van der Waals surface area contributed by atoms with Gasteiger partial charge in [-0.25, -0.2) is 0 Å². The maximum Gasteiger partial charge on any atom is 0.291 e. The van der Waals surface area contributed by atoms with E-state index in [0.29, 0.717) is 28.8 Å². The summed E-state index contributed by atoms with van der Waals surface area (Å²) < 4.78 is 11.4. The number of ether oxygens (including phenoxy) is 1. The second-order valence-electron chi connectivity index (χ2n) is 8.27. The Balaban J connectivity index is 1.72. The number of hydrogen-bond donors (Lipinski definition) is 0. The van der Waals surface area contributed by atoms with E-state index < -0.39 is 6.04 Å². The number of hydrogen-bond acceptors (Lipinski definition) is 4. The van der Waals surface area contributed by atoms with Gasteiger partial charge in [0, 0.05) is 6.54 Å². The molecule has 4 aromatic rings. The lowest BCUT2D eigenvalue weighted by Crippen LogP contribution is -2.29. The molecule has 0 radical (unpaired) electrons. The number of benzene rings is 3. The van der Waals surface area contributed by atoms with Gasteiger partial charge < -0.3 is 14.1 Å². The first-order valence-corrected chi connectivity index (χ1v) is 10.5. The molecule has 3 aromatic carbocycles. The molecule has 0 saturated carbocycles. The van der Waals surface area contributed by atoms with E-state index in [1.807, 2.05) is 74.5 Å². The van der Waals surface area contributed by atoms with E-state index in [-0.39, 0.29) is 17.1 Å². The second-order valence-corrected chi connectivity index (χ2v) is 8.27. The molecule has 32 heavy (non-hydrogen) atoms. The van der Waals surface area contributed by atoms with Gasteiger partial charge >= 0.3 is 0 Å². The van der Waals surface area contributed by atoms with Gasteiger partial charge in [-0.05, 0) is 49.2 Å². The molecule has 5 rings (SSSR count). The van der Waals surface area contributed by atoms with Crippen LogP contribution in [0.25, 0.3) is 11.0 Å². The van der Waals surface area contributed by atoms with Gasteiger partial charge in [0.15, 0.2) is 5.43 Å². The topological polar surface area (TPSA) is 59.8 Å². The van der Waals surface area contributed by atoms with Crippen LogP contribution in [-0.2, 0) is 6.54 Å². The zero-order valence-corrected chi connectivity index (χ0v) is 18.2. The van der Waals surface area contributed by atoms with Crippen LogP contribution in [0, 0.1) is 13.8 Å². The van der Waals surface area contributed by atoms with E-state index in [1.54, 1.807) is 18.1 Å². The molecule has 5 nitrogen and oxygen atoms in total. The summed E-state index contributed by atoms with van der Waals surface area (Å²) in [5.74, 6) is 0.499. The van der Waals surface area contributed by atoms with E-state index >= 15 is 0 Å². The van der Waals surface area contributed by atoms with Crippen LogP contribution in [-0.4, -0.2) is 17.9 Å². The number of methoxy groups -OCH3 is 1. The van der Waals surface area contributed by atoms with Gasteiger partial charge in [0.05, 0.1) is 24.1 Å². The van der Waals surface area contributed by atoms with Gasteiger partial charge in [0.25, 0.3) is 5.91 Å². The lowest BCUT2D eigenvalue weighted by molar-refractivity contribution is 0.0714. The predicted molar refractivity (Wildman–Crippen MR) is 123 cm³/mol. The molecule has 0 aliphatic carbocycles. The van der Waals surface area contributed by atoms with Crippen molar-refractivity contribution in [3.8, 4) is 5.75 Å². The number of nitrogens with zero attached hydrogens (tertiary/aromatic N) is 1. The Morgan fingerprint density at radius 2 is 1.69 bits per heavy atom. The largest absolute Gasteiger partial charge is 0.497 e. The zero-order valence-electron chi connectivity index (χ0n) is 18.2. The molecule has 1 unspecified atom stereocenters. The Kier molecular flexibility index (Phi) is 4.82. The molecule has 0 spiro atoms. The van der Waals surface area contributed by atoms with Crippen LogP contribution in [0.1, 0.15) is 44.4 Å². The van der Waals surface area contributed by atoms with E-state index in [2.05, 4.69) is 0 Å². The molecule has 0 bridgehead atoms. The first kappa shape index (κ1) is 20.1. The number of carbonyl (C=O) groups is 1. The molecule has 1 atom stereocenters. The Labute approximate surface area is 185 Å². The summed E-state index contributed by atoms with van der Waals surface area (Å²) in [5, 5.41) is 0.488. The summed E-state index contributed by atoms with van der Waals surface area (Å²) in [4.78, 5) is 28.9. The van der Waals surface area contributed by atoms with Gasteiger partial charge in [-0.15, -0.1) is 0 Å². The molecule has 1 amide bonds. The molecule has 1 aromatic heterocycles. The average Bonchev–Trinajstić information content (AvgIpc) is 3.08. The molecule has 0 fully saturated rings. The van der Waals surface area contributed by atoms with Crippen LogP contribution in [0.15, 0.2) is 75.9 Å². The molecule has 0 N–H and O–H groups in total. The van der Waals surface area contributed by atoms with Crippen molar-refractivity contribution in [3.63, 3.8) is 0 Å². The van der Waals surface area contributed by atoms with Crippen LogP contribution in [0.4, 0.5) is 0 Å². The first-order chi connectivity index (χ1) is 15.5. The van der Waals surface area contributed by atoms with E-state index in [9.17, 15) is 9.59 Å². The minimum atomic E-state index is -0.560. The highest BCUT2D eigenvalue weighted by molar-refractivity contribution is 5.99.